The van der Waals surface area contributed by atoms with Crippen molar-refractivity contribution in [2.75, 3.05) is 31.2 Å². The van der Waals surface area contributed by atoms with Gasteiger partial charge >= 0.3 is 0 Å². The summed E-state index contributed by atoms with van der Waals surface area (Å²) in [6.07, 6.45) is 0. The van der Waals surface area contributed by atoms with Crippen molar-refractivity contribution in [2.45, 2.75) is 6.92 Å². The first-order valence-electron chi connectivity index (χ1n) is 8.15. The normalized spacial score (nSPS) is 15.0. The Morgan fingerprint density at radius 1 is 1.04 bits per heavy atom. The molecular formula is C19H19N3O2. The van der Waals surface area contributed by atoms with E-state index in [9.17, 15) is 4.79 Å². The number of aryl methyl sites for hydroxylation is 1. The van der Waals surface area contributed by atoms with Gasteiger partial charge in [-0.2, -0.15) is 0 Å². The molecule has 1 aromatic carbocycles. The molecule has 2 aromatic heterocycles. The molecule has 3 aromatic rings. The number of anilines is 1. The summed E-state index contributed by atoms with van der Waals surface area (Å²) in [7, 11) is 0. The van der Waals surface area contributed by atoms with Crippen molar-refractivity contribution in [3.05, 3.63) is 64.4 Å². The number of ether oxygens (including phenoxy) is 1. The summed E-state index contributed by atoms with van der Waals surface area (Å²) in [4.78, 5) is 19.5. The molecule has 4 rings (SSSR count). The first kappa shape index (κ1) is 14.9. The molecule has 122 valence electrons. The molecule has 3 heterocycles. The summed E-state index contributed by atoms with van der Waals surface area (Å²) in [6.45, 7) is 4.82. The van der Waals surface area contributed by atoms with Gasteiger partial charge in [-0.3, -0.25) is 9.36 Å². The fourth-order valence-electron chi connectivity index (χ4n) is 3.13. The second kappa shape index (κ2) is 6.09. The van der Waals surface area contributed by atoms with E-state index < -0.39 is 0 Å². The van der Waals surface area contributed by atoms with Gasteiger partial charge < -0.3 is 9.64 Å². The van der Waals surface area contributed by atoms with Gasteiger partial charge in [-0.15, -0.1) is 0 Å². The van der Waals surface area contributed by atoms with Crippen LogP contribution in [0.2, 0.25) is 0 Å². The Kier molecular flexibility index (Phi) is 3.78. The number of morpholine rings is 1. The van der Waals surface area contributed by atoms with Gasteiger partial charge in [0.05, 0.1) is 18.6 Å². The quantitative estimate of drug-likeness (QED) is 0.728. The fourth-order valence-corrected chi connectivity index (χ4v) is 3.13. The summed E-state index contributed by atoms with van der Waals surface area (Å²) in [6, 6.07) is 15.5. The zero-order chi connectivity index (χ0) is 16.5. The summed E-state index contributed by atoms with van der Waals surface area (Å²) in [5.74, 6) is 0.875. The minimum atomic E-state index is 0.00572. The van der Waals surface area contributed by atoms with Gasteiger partial charge in [0, 0.05) is 30.5 Å². The summed E-state index contributed by atoms with van der Waals surface area (Å²) in [5.41, 5.74) is 2.61. The van der Waals surface area contributed by atoms with Crippen LogP contribution in [0.5, 0.6) is 0 Å². The SMILES string of the molecule is Cc1ccc2c(=O)cc(N3CCOCC3)n(-c3ccccc3)c2n1. The van der Waals surface area contributed by atoms with E-state index in [1.165, 1.54) is 0 Å². The minimum absolute atomic E-state index is 0.00572. The van der Waals surface area contributed by atoms with Crippen molar-refractivity contribution in [1.29, 1.82) is 0 Å². The summed E-state index contributed by atoms with van der Waals surface area (Å²) >= 11 is 0. The number of hydrogen-bond acceptors (Lipinski definition) is 4. The number of fused-ring (bicyclic) bond motifs is 1. The van der Waals surface area contributed by atoms with Gasteiger partial charge in [0.1, 0.15) is 11.5 Å². The van der Waals surface area contributed by atoms with Gasteiger partial charge in [0.25, 0.3) is 0 Å². The van der Waals surface area contributed by atoms with E-state index in [0.717, 1.165) is 30.3 Å². The predicted octanol–water partition coefficient (Wildman–Crippen LogP) is 2.53. The van der Waals surface area contributed by atoms with Crippen molar-refractivity contribution in [3.63, 3.8) is 0 Å². The lowest BCUT2D eigenvalue weighted by atomic mass is 10.2. The molecule has 1 aliphatic rings. The van der Waals surface area contributed by atoms with E-state index in [4.69, 9.17) is 4.74 Å². The van der Waals surface area contributed by atoms with Gasteiger partial charge in [0.2, 0.25) is 0 Å². The van der Waals surface area contributed by atoms with Gasteiger partial charge in [-0.25, -0.2) is 4.98 Å². The van der Waals surface area contributed by atoms with Crippen LogP contribution >= 0.6 is 0 Å². The summed E-state index contributed by atoms with van der Waals surface area (Å²) in [5, 5.41) is 0.640. The third-order valence-electron chi connectivity index (χ3n) is 4.33. The number of benzene rings is 1. The van der Waals surface area contributed by atoms with Crippen molar-refractivity contribution in [1.82, 2.24) is 9.55 Å². The molecule has 1 fully saturated rings. The van der Waals surface area contributed by atoms with Crippen LogP contribution in [0.15, 0.2) is 53.3 Å². The zero-order valence-electron chi connectivity index (χ0n) is 13.6. The van der Waals surface area contributed by atoms with Crippen LogP contribution in [-0.4, -0.2) is 35.9 Å². The minimum Gasteiger partial charge on any atom is -0.378 e. The highest BCUT2D eigenvalue weighted by Crippen LogP contribution is 2.24. The van der Waals surface area contributed by atoms with E-state index in [0.29, 0.717) is 24.2 Å². The third kappa shape index (κ3) is 2.57. The van der Waals surface area contributed by atoms with Gasteiger partial charge in [-0.1, -0.05) is 18.2 Å². The molecular weight excluding hydrogens is 302 g/mol. The first-order chi connectivity index (χ1) is 11.7. The van der Waals surface area contributed by atoms with E-state index in [1.54, 1.807) is 6.07 Å². The predicted molar refractivity (Wildman–Crippen MR) is 95.1 cm³/mol. The highest BCUT2D eigenvalue weighted by Gasteiger charge is 2.19. The average Bonchev–Trinajstić information content (AvgIpc) is 2.63. The maximum Gasteiger partial charge on any atom is 0.193 e. The van der Waals surface area contributed by atoms with Crippen LogP contribution in [0, 0.1) is 6.92 Å². The van der Waals surface area contributed by atoms with E-state index >= 15 is 0 Å². The van der Waals surface area contributed by atoms with Crippen LogP contribution in [0.4, 0.5) is 5.82 Å². The second-order valence-corrected chi connectivity index (χ2v) is 5.96. The molecule has 0 saturated carbocycles. The molecule has 1 aliphatic heterocycles. The molecule has 0 atom stereocenters. The van der Waals surface area contributed by atoms with Crippen molar-refractivity contribution in [2.24, 2.45) is 0 Å². The van der Waals surface area contributed by atoms with Crippen LogP contribution in [0.25, 0.3) is 16.7 Å². The molecule has 0 radical (unpaired) electrons. The Bertz CT molecular complexity index is 928. The molecule has 5 heteroatoms. The second-order valence-electron chi connectivity index (χ2n) is 5.96. The molecule has 0 N–H and O–H groups in total. The van der Waals surface area contributed by atoms with Gasteiger partial charge in [0.15, 0.2) is 5.43 Å². The Hall–Kier alpha value is -2.66. The van der Waals surface area contributed by atoms with Crippen LogP contribution in [-0.2, 0) is 4.74 Å². The number of para-hydroxylation sites is 1. The largest absolute Gasteiger partial charge is 0.378 e. The third-order valence-corrected chi connectivity index (χ3v) is 4.33. The average molecular weight is 321 g/mol. The van der Waals surface area contributed by atoms with E-state index in [1.807, 2.05) is 49.4 Å². The topological polar surface area (TPSA) is 47.4 Å². The Morgan fingerprint density at radius 3 is 2.54 bits per heavy atom. The molecule has 5 nitrogen and oxygen atoms in total. The lowest BCUT2D eigenvalue weighted by Crippen LogP contribution is -2.38. The van der Waals surface area contributed by atoms with Crippen molar-refractivity contribution >= 4 is 16.9 Å². The maximum absolute atomic E-state index is 12.6. The molecule has 0 aliphatic carbocycles. The number of rotatable bonds is 2. The highest BCUT2D eigenvalue weighted by atomic mass is 16.5. The van der Waals surface area contributed by atoms with Crippen LogP contribution in [0.3, 0.4) is 0 Å². The maximum atomic E-state index is 12.6. The molecule has 0 spiro atoms. The lowest BCUT2D eigenvalue weighted by Gasteiger charge is -2.31. The first-order valence-corrected chi connectivity index (χ1v) is 8.15. The molecule has 0 amide bonds. The number of aromatic nitrogens is 2. The number of hydrogen-bond donors (Lipinski definition) is 0. The standard InChI is InChI=1S/C19H19N3O2/c1-14-7-8-16-17(23)13-18(21-9-11-24-12-10-21)22(19(16)20-14)15-5-3-2-4-6-15/h2-8,13H,9-12H2,1H3. The fraction of sp³-hybridized carbons (Fsp3) is 0.263. The molecule has 0 unspecified atom stereocenters. The van der Waals surface area contributed by atoms with Crippen LogP contribution < -0.4 is 10.3 Å². The lowest BCUT2D eigenvalue weighted by molar-refractivity contribution is 0.122. The van der Waals surface area contributed by atoms with Crippen molar-refractivity contribution in [3.8, 4) is 5.69 Å². The number of nitrogens with zero attached hydrogens (tertiary/aromatic N) is 3. The Balaban J connectivity index is 2.05. The molecule has 0 bridgehead atoms. The zero-order valence-corrected chi connectivity index (χ0v) is 13.6. The molecule has 1 saturated heterocycles. The highest BCUT2D eigenvalue weighted by molar-refractivity contribution is 5.80. The van der Waals surface area contributed by atoms with Crippen LogP contribution in [0.1, 0.15) is 5.69 Å². The molecule has 24 heavy (non-hydrogen) atoms. The number of pyridine rings is 2. The van der Waals surface area contributed by atoms with E-state index in [-0.39, 0.29) is 5.43 Å². The monoisotopic (exact) mass is 321 g/mol. The van der Waals surface area contributed by atoms with Crippen molar-refractivity contribution < 1.29 is 4.74 Å². The Labute approximate surface area is 140 Å². The Morgan fingerprint density at radius 2 is 1.79 bits per heavy atom. The van der Waals surface area contributed by atoms with E-state index in [2.05, 4.69) is 14.5 Å². The smallest absolute Gasteiger partial charge is 0.193 e. The summed E-state index contributed by atoms with van der Waals surface area (Å²) < 4.78 is 7.54. The van der Waals surface area contributed by atoms with Gasteiger partial charge in [-0.05, 0) is 31.2 Å².